The lowest BCUT2D eigenvalue weighted by Gasteiger charge is -2.09. The summed E-state index contributed by atoms with van der Waals surface area (Å²) in [5.41, 5.74) is 2.90. The number of amides is 1. The number of halogens is 1. The van der Waals surface area contributed by atoms with Crippen LogP contribution in [-0.4, -0.2) is 23.1 Å². The summed E-state index contributed by atoms with van der Waals surface area (Å²) in [5, 5.41) is 3.41. The van der Waals surface area contributed by atoms with E-state index in [9.17, 15) is 4.79 Å². The van der Waals surface area contributed by atoms with Gasteiger partial charge in [-0.2, -0.15) is 0 Å². The molecule has 1 amide bonds. The Morgan fingerprint density at radius 3 is 2.89 bits per heavy atom. The Morgan fingerprint density at radius 2 is 2.11 bits per heavy atom. The molecule has 1 aromatic heterocycles. The molecule has 0 radical (unpaired) electrons. The highest BCUT2D eigenvalue weighted by Crippen LogP contribution is 2.25. The highest BCUT2D eigenvalue weighted by atomic mass is 35.5. The lowest BCUT2D eigenvalue weighted by atomic mass is 10.0. The first-order chi connectivity index (χ1) is 9.24. The van der Waals surface area contributed by atoms with Gasteiger partial charge in [0, 0.05) is 16.8 Å². The van der Waals surface area contributed by atoms with Gasteiger partial charge in [-0.15, -0.1) is 0 Å². The van der Waals surface area contributed by atoms with E-state index in [1.54, 1.807) is 24.4 Å². The van der Waals surface area contributed by atoms with Crippen molar-refractivity contribution in [2.45, 2.75) is 0 Å². The zero-order valence-corrected chi connectivity index (χ0v) is 10.7. The van der Waals surface area contributed by atoms with E-state index in [4.69, 9.17) is 11.6 Å². The Balaban J connectivity index is 2.20. The molecular weight excluding hydrogens is 262 g/mol. The number of rotatable bonds is 1. The van der Waals surface area contributed by atoms with Crippen LogP contribution < -0.4 is 5.32 Å². The van der Waals surface area contributed by atoms with Gasteiger partial charge in [0.25, 0.3) is 0 Å². The molecule has 1 N–H and O–H groups in total. The molecule has 5 heteroatoms. The van der Waals surface area contributed by atoms with E-state index in [1.165, 1.54) is 0 Å². The number of pyridine rings is 1. The Labute approximate surface area is 115 Å². The van der Waals surface area contributed by atoms with Gasteiger partial charge in [-0.1, -0.05) is 17.7 Å². The molecule has 3 rings (SSSR count). The number of hydrogen-bond acceptors (Lipinski definition) is 3. The summed E-state index contributed by atoms with van der Waals surface area (Å²) in [4.78, 5) is 20.3. The molecule has 0 spiro atoms. The molecule has 0 unspecified atom stereocenters. The Morgan fingerprint density at radius 1 is 1.21 bits per heavy atom. The Kier molecular flexibility index (Phi) is 3.01. The van der Waals surface area contributed by atoms with Crippen LogP contribution in [0.4, 0.5) is 5.69 Å². The number of benzene rings is 1. The maximum absolute atomic E-state index is 11.6. The van der Waals surface area contributed by atoms with Crippen LogP contribution in [-0.2, 0) is 4.79 Å². The van der Waals surface area contributed by atoms with Crippen molar-refractivity contribution in [1.82, 2.24) is 4.98 Å². The van der Waals surface area contributed by atoms with Crippen LogP contribution in [0.1, 0.15) is 11.3 Å². The van der Waals surface area contributed by atoms with Gasteiger partial charge in [0.2, 0.25) is 5.91 Å². The average Bonchev–Trinajstić information content (AvgIpc) is 2.58. The molecule has 94 valence electrons. The molecule has 19 heavy (non-hydrogen) atoms. The van der Waals surface area contributed by atoms with Gasteiger partial charge < -0.3 is 5.32 Å². The van der Waals surface area contributed by atoms with Crippen LogP contribution in [0.3, 0.4) is 0 Å². The van der Waals surface area contributed by atoms with Gasteiger partial charge in [0.15, 0.2) is 0 Å². The summed E-state index contributed by atoms with van der Waals surface area (Å²) >= 11 is 6.03. The topological polar surface area (TPSA) is 54.4 Å². The lowest BCUT2D eigenvalue weighted by Crippen LogP contribution is -2.13. The van der Waals surface area contributed by atoms with Crippen molar-refractivity contribution in [3.63, 3.8) is 0 Å². The second-order valence-corrected chi connectivity index (χ2v) is 4.55. The third-order valence-electron chi connectivity index (χ3n) is 2.80. The first kappa shape index (κ1) is 11.9. The smallest absolute Gasteiger partial charge is 0.246 e. The molecule has 0 aliphatic carbocycles. The van der Waals surface area contributed by atoms with Crippen molar-refractivity contribution in [3.05, 3.63) is 58.9 Å². The number of anilines is 1. The highest BCUT2D eigenvalue weighted by molar-refractivity contribution is 6.31. The Bertz CT molecular complexity index is 668. The largest absolute Gasteiger partial charge is 0.324 e. The molecule has 0 saturated carbocycles. The van der Waals surface area contributed by atoms with Crippen LogP contribution in [0.25, 0.3) is 0 Å². The minimum atomic E-state index is -0.144. The lowest BCUT2D eigenvalue weighted by molar-refractivity contribution is -0.114. The average molecular weight is 272 g/mol. The second kappa shape index (κ2) is 4.82. The monoisotopic (exact) mass is 271 g/mol. The molecule has 4 nitrogen and oxygen atoms in total. The molecule has 2 aromatic rings. The first-order valence-corrected chi connectivity index (χ1v) is 6.17. The Hall–Kier alpha value is -2.20. The number of hydrogen-bond donors (Lipinski definition) is 1. The van der Waals surface area contributed by atoms with Crippen molar-refractivity contribution in [2.24, 2.45) is 4.99 Å². The summed E-state index contributed by atoms with van der Waals surface area (Å²) in [7, 11) is 0. The van der Waals surface area contributed by atoms with E-state index in [0.717, 1.165) is 11.3 Å². The first-order valence-electron chi connectivity index (χ1n) is 5.80. The van der Waals surface area contributed by atoms with Gasteiger partial charge >= 0.3 is 0 Å². The SMILES string of the molecule is O=C1CN=C(c2ccccn2)c2cc(Cl)ccc2N1. The number of aromatic nitrogens is 1. The van der Waals surface area contributed by atoms with E-state index in [1.807, 2.05) is 18.2 Å². The summed E-state index contributed by atoms with van der Waals surface area (Å²) in [6, 6.07) is 10.9. The maximum Gasteiger partial charge on any atom is 0.246 e. The van der Waals surface area contributed by atoms with Crippen molar-refractivity contribution in [2.75, 3.05) is 11.9 Å². The molecule has 1 aliphatic rings. The van der Waals surface area contributed by atoms with Crippen molar-refractivity contribution in [1.29, 1.82) is 0 Å². The summed E-state index contributed by atoms with van der Waals surface area (Å²) in [6.07, 6.45) is 1.70. The highest BCUT2D eigenvalue weighted by Gasteiger charge is 2.18. The second-order valence-electron chi connectivity index (χ2n) is 4.12. The molecule has 1 aromatic carbocycles. The fourth-order valence-electron chi connectivity index (χ4n) is 1.97. The number of benzodiazepines with no additional fused rings is 1. The van der Waals surface area contributed by atoms with E-state index >= 15 is 0 Å². The number of fused-ring (bicyclic) bond motifs is 1. The molecule has 1 aliphatic heterocycles. The third-order valence-corrected chi connectivity index (χ3v) is 3.03. The maximum atomic E-state index is 11.6. The molecular formula is C14H10ClN3O. The van der Waals surface area contributed by atoms with Crippen LogP contribution in [0.5, 0.6) is 0 Å². The minimum Gasteiger partial charge on any atom is -0.324 e. The van der Waals surface area contributed by atoms with Crippen LogP contribution in [0.2, 0.25) is 5.02 Å². The van der Waals surface area contributed by atoms with Crippen molar-refractivity contribution >= 4 is 28.9 Å². The number of aliphatic imine (C=N–C) groups is 1. The van der Waals surface area contributed by atoms with Crippen molar-refractivity contribution < 1.29 is 4.79 Å². The molecule has 0 bridgehead atoms. The number of carbonyl (C=O) groups excluding carboxylic acids is 1. The standard InChI is InChI=1S/C14H10ClN3O/c15-9-4-5-11-10(7-9)14(17-8-13(19)18-11)12-3-1-2-6-16-12/h1-7H,8H2,(H,18,19). The summed E-state index contributed by atoms with van der Waals surface area (Å²) < 4.78 is 0. The van der Waals surface area contributed by atoms with E-state index in [-0.39, 0.29) is 12.5 Å². The van der Waals surface area contributed by atoms with Crippen molar-refractivity contribution in [3.8, 4) is 0 Å². The van der Waals surface area contributed by atoms with Gasteiger partial charge in [-0.25, -0.2) is 0 Å². The number of nitrogens with zero attached hydrogens (tertiary/aromatic N) is 2. The quantitative estimate of drug-likeness (QED) is 0.866. The van der Waals surface area contributed by atoms with Gasteiger partial charge in [-0.3, -0.25) is 14.8 Å². The van der Waals surface area contributed by atoms with Gasteiger partial charge in [-0.05, 0) is 30.3 Å². The van der Waals surface area contributed by atoms with Crippen LogP contribution in [0.15, 0.2) is 47.6 Å². The van der Waals surface area contributed by atoms with Crippen LogP contribution in [0, 0.1) is 0 Å². The molecule has 2 heterocycles. The summed E-state index contributed by atoms with van der Waals surface area (Å²) in [6.45, 7) is 0.0816. The zero-order chi connectivity index (χ0) is 13.2. The molecule has 0 atom stereocenters. The molecule has 0 saturated heterocycles. The van der Waals surface area contributed by atoms with E-state index in [2.05, 4.69) is 15.3 Å². The molecule has 0 fully saturated rings. The predicted molar refractivity (Wildman–Crippen MR) is 74.8 cm³/mol. The number of carbonyl (C=O) groups is 1. The fourth-order valence-corrected chi connectivity index (χ4v) is 2.14. The number of nitrogens with one attached hydrogen (secondary N) is 1. The minimum absolute atomic E-state index is 0.0816. The fraction of sp³-hybridized carbons (Fsp3) is 0.0714. The van der Waals surface area contributed by atoms with Crippen LogP contribution >= 0.6 is 11.6 Å². The zero-order valence-electron chi connectivity index (χ0n) is 9.93. The van der Waals surface area contributed by atoms with E-state index < -0.39 is 0 Å². The van der Waals surface area contributed by atoms with Gasteiger partial charge in [0.05, 0.1) is 17.1 Å². The normalized spacial score (nSPS) is 14.2. The predicted octanol–water partition coefficient (Wildman–Crippen LogP) is 2.52. The van der Waals surface area contributed by atoms with E-state index in [0.29, 0.717) is 16.4 Å². The summed E-state index contributed by atoms with van der Waals surface area (Å²) in [5.74, 6) is -0.144. The third kappa shape index (κ3) is 2.35. The van der Waals surface area contributed by atoms with Gasteiger partial charge in [0.1, 0.15) is 6.54 Å².